The third-order valence-corrected chi connectivity index (χ3v) is 1.77. The number of hydrogen-bond acceptors (Lipinski definition) is 3. The van der Waals surface area contributed by atoms with Gasteiger partial charge in [0.05, 0.1) is 6.20 Å². The molecule has 0 radical (unpaired) electrons. The number of hydrazine groups is 1. The number of nitrogens with two attached hydrogens (primary N) is 1. The molecule has 78 valence electrons. The molecule has 0 bridgehead atoms. The van der Waals surface area contributed by atoms with Crippen molar-refractivity contribution in [3.8, 4) is 0 Å². The van der Waals surface area contributed by atoms with Crippen molar-refractivity contribution in [2.75, 3.05) is 0 Å². The van der Waals surface area contributed by atoms with E-state index in [0.717, 1.165) is 18.5 Å². The van der Waals surface area contributed by atoms with Crippen molar-refractivity contribution in [1.82, 2.24) is 10.4 Å². The lowest BCUT2D eigenvalue weighted by atomic mass is 10.1. The summed E-state index contributed by atoms with van der Waals surface area (Å²) in [5, 5.41) is -3.61. The zero-order chi connectivity index (χ0) is 10.8. The molecular weight excluding hydrogens is 219 g/mol. The van der Waals surface area contributed by atoms with Crippen molar-refractivity contribution in [2.45, 2.75) is 11.4 Å². The summed E-state index contributed by atoms with van der Waals surface area (Å²) in [6, 6.07) is -0.791. The Hall–Kier alpha value is -0.850. The van der Waals surface area contributed by atoms with Gasteiger partial charge in [-0.15, -0.1) is 0 Å². The van der Waals surface area contributed by atoms with Gasteiger partial charge >= 0.3 is 5.38 Å². The van der Waals surface area contributed by atoms with Crippen LogP contribution in [0.2, 0.25) is 0 Å². The lowest BCUT2D eigenvalue weighted by molar-refractivity contribution is 0.0495. The fourth-order valence-electron chi connectivity index (χ4n) is 0.966. The van der Waals surface area contributed by atoms with Crippen LogP contribution in [0.25, 0.3) is 0 Å². The molecule has 0 amide bonds. The Morgan fingerprint density at radius 1 is 1.50 bits per heavy atom. The van der Waals surface area contributed by atoms with E-state index in [4.69, 9.17) is 17.4 Å². The highest BCUT2D eigenvalue weighted by molar-refractivity contribution is 6.22. The molecule has 3 nitrogen and oxygen atoms in total. The topological polar surface area (TPSA) is 50.9 Å². The summed E-state index contributed by atoms with van der Waals surface area (Å²) in [4.78, 5) is 3.40. The first-order valence-corrected chi connectivity index (χ1v) is 3.96. The van der Waals surface area contributed by atoms with Gasteiger partial charge < -0.3 is 0 Å². The highest BCUT2D eigenvalue weighted by Crippen LogP contribution is 2.33. The second-order valence-corrected chi connectivity index (χ2v) is 3.08. The van der Waals surface area contributed by atoms with Crippen LogP contribution in [-0.4, -0.2) is 10.4 Å². The fraction of sp³-hybridized carbons (Fsp3) is 0.286. The van der Waals surface area contributed by atoms with E-state index in [-0.39, 0.29) is 5.56 Å². The van der Waals surface area contributed by atoms with Crippen molar-refractivity contribution >= 4 is 11.6 Å². The number of nitrogens with zero attached hydrogens (tertiary/aromatic N) is 1. The van der Waals surface area contributed by atoms with Crippen molar-refractivity contribution in [1.29, 1.82) is 0 Å². The number of rotatable bonds is 3. The van der Waals surface area contributed by atoms with Gasteiger partial charge in [-0.05, 0) is 23.2 Å². The second kappa shape index (κ2) is 4.12. The van der Waals surface area contributed by atoms with Crippen LogP contribution < -0.4 is 11.3 Å². The van der Waals surface area contributed by atoms with E-state index in [1.54, 1.807) is 5.43 Å². The van der Waals surface area contributed by atoms with E-state index in [9.17, 15) is 13.2 Å². The molecule has 1 rings (SSSR count). The van der Waals surface area contributed by atoms with Crippen LogP contribution in [0.4, 0.5) is 13.2 Å². The van der Waals surface area contributed by atoms with Gasteiger partial charge in [-0.1, -0.05) is 0 Å². The average Bonchev–Trinajstić information content (AvgIpc) is 2.02. The highest BCUT2D eigenvalue weighted by atomic mass is 35.5. The second-order valence-electron chi connectivity index (χ2n) is 2.58. The molecule has 0 fully saturated rings. The van der Waals surface area contributed by atoms with Crippen LogP contribution >= 0.6 is 11.6 Å². The van der Waals surface area contributed by atoms with Crippen molar-refractivity contribution in [3.63, 3.8) is 0 Å². The molecule has 0 aromatic carbocycles. The maximum atomic E-state index is 12.7. The molecule has 0 aliphatic heterocycles. The normalized spacial score (nSPS) is 14.1. The monoisotopic (exact) mass is 225 g/mol. The Bertz CT molecular complexity index is 315. The highest BCUT2D eigenvalue weighted by Gasteiger charge is 2.38. The fourth-order valence-corrected chi connectivity index (χ4v) is 1.15. The standard InChI is InChI=1S/C7H7ClF3N3/c8-7(10,11)6(14-12)4-1-5(9)3-13-2-4/h1-3,6,14H,12H2. The van der Waals surface area contributed by atoms with Gasteiger partial charge in [0.15, 0.2) is 0 Å². The van der Waals surface area contributed by atoms with Crippen molar-refractivity contribution in [3.05, 3.63) is 29.8 Å². The van der Waals surface area contributed by atoms with E-state index in [1.807, 2.05) is 0 Å². The summed E-state index contributed by atoms with van der Waals surface area (Å²) in [5.74, 6) is 4.14. The van der Waals surface area contributed by atoms with Gasteiger partial charge in [0.25, 0.3) is 0 Å². The zero-order valence-corrected chi connectivity index (χ0v) is 7.60. The molecule has 0 saturated heterocycles. The predicted molar refractivity (Wildman–Crippen MR) is 45.1 cm³/mol. The number of alkyl halides is 3. The predicted octanol–water partition coefficient (Wildman–Crippen LogP) is 1.56. The summed E-state index contributed by atoms with van der Waals surface area (Å²) in [7, 11) is 0. The first-order valence-electron chi connectivity index (χ1n) is 3.58. The quantitative estimate of drug-likeness (QED) is 0.466. The summed E-state index contributed by atoms with van der Waals surface area (Å²) < 4.78 is 38.0. The van der Waals surface area contributed by atoms with Crippen LogP contribution in [0.15, 0.2) is 18.5 Å². The van der Waals surface area contributed by atoms with Crippen LogP contribution in [-0.2, 0) is 0 Å². The minimum atomic E-state index is -3.61. The van der Waals surface area contributed by atoms with E-state index in [0.29, 0.717) is 0 Å². The van der Waals surface area contributed by atoms with Crippen LogP contribution in [0.5, 0.6) is 0 Å². The van der Waals surface area contributed by atoms with E-state index in [1.165, 1.54) is 0 Å². The molecule has 1 aromatic heterocycles. The molecule has 0 saturated carbocycles. The van der Waals surface area contributed by atoms with Gasteiger partial charge in [0, 0.05) is 6.20 Å². The van der Waals surface area contributed by atoms with Gasteiger partial charge in [0.1, 0.15) is 11.9 Å². The molecule has 1 aromatic rings. The molecule has 1 unspecified atom stereocenters. The van der Waals surface area contributed by atoms with E-state index < -0.39 is 17.2 Å². The molecule has 1 atom stereocenters. The summed E-state index contributed by atoms with van der Waals surface area (Å²) >= 11 is 4.76. The lowest BCUT2D eigenvalue weighted by Gasteiger charge is -2.20. The summed E-state index contributed by atoms with van der Waals surface area (Å²) in [6.07, 6.45) is 1.95. The minimum absolute atomic E-state index is 0.118. The summed E-state index contributed by atoms with van der Waals surface area (Å²) in [5.41, 5.74) is 1.68. The SMILES string of the molecule is NNC(c1cncc(F)c1)C(F)(F)Cl. The third kappa shape index (κ3) is 2.57. The Labute approximate surface area is 83.0 Å². The average molecular weight is 226 g/mol. The summed E-state index contributed by atoms with van der Waals surface area (Å²) in [6.45, 7) is 0. The van der Waals surface area contributed by atoms with E-state index >= 15 is 0 Å². The molecule has 3 N–H and O–H groups in total. The number of hydrogen-bond donors (Lipinski definition) is 2. The van der Waals surface area contributed by atoms with E-state index in [2.05, 4.69) is 4.98 Å². The molecule has 0 spiro atoms. The molecule has 14 heavy (non-hydrogen) atoms. The maximum Gasteiger partial charge on any atom is 0.342 e. The lowest BCUT2D eigenvalue weighted by Crippen LogP contribution is -2.37. The minimum Gasteiger partial charge on any atom is -0.271 e. The Morgan fingerprint density at radius 3 is 2.57 bits per heavy atom. The van der Waals surface area contributed by atoms with Crippen LogP contribution in [0, 0.1) is 5.82 Å². The van der Waals surface area contributed by atoms with Gasteiger partial charge in [-0.2, -0.15) is 8.78 Å². The first-order chi connectivity index (χ1) is 6.45. The van der Waals surface area contributed by atoms with Crippen LogP contribution in [0.3, 0.4) is 0 Å². The van der Waals surface area contributed by atoms with Crippen molar-refractivity contribution < 1.29 is 13.2 Å². The van der Waals surface area contributed by atoms with Gasteiger partial charge in [-0.25, -0.2) is 9.82 Å². The number of nitrogens with one attached hydrogen (secondary N) is 1. The van der Waals surface area contributed by atoms with Gasteiger partial charge in [-0.3, -0.25) is 10.8 Å². The van der Waals surface area contributed by atoms with Crippen LogP contribution in [0.1, 0.15) is 11.6 Å². The number of halogens is 4. The Morgan fingerprint density at radius 2 is 2.14 bits per heavy atom. The Kier molecular flexibility index (Phi) is 3.30. The van der Waals surface area contributed by atoms with Crippen molar-refractivity contribution in [2.24, 2.45) is 5.84 Å². The largest absolute Gasteiger partial charge is 0.342 e. The molecule has 0 aliphatic carbocycles. The molecule has 7 heteroatoms. The zero-order valence-electron chi connectivity index (χ0n) is 6.85. The smallest absolute Gasteiger partial charge is 0.271 e. The molecule has 0 aliphatic rings. The van der Waals surface area contributed by atoms with Gasteiger partial charge in [0.2, 0.25) is 0 Å². The third-order valence-electron chi connectivity index (χ3n) is 1.55. The maximum absolute atomic E-state index is 12.7. The Balaban J connectivity index is 3.01. The molecule has 1 heterocycles. The number of pyridine rings is 1. The molecular formula is C7H7ClF3N3. The number of aromatic nitrogens is 1. The first kappa shape index (κ1) is 11.2.